The summed E-state index contributed by atoms with van der Waals surface area (Å²) < 4.78 is 16.2. The lowest BCUT2D eigenvalue weighted by Gasteiger charge is -2.30. The number of nitrogens with one attached hydrogen (secondary N) is 2. The van der Waals surface area contributed by atoms with Gasteiger partial charge < -0.3 is 29.5 Å². The van der Waals surface area contributed by atoms with Crippen molar-refractivity contribution in [3.63, 3.8) is 0 Å². The van der Waals surface area contributed by atoms with E-state index in [1.807, 2.05) is 6.07 Å². The molecule has 4 N–H and O–H groups in total. The Morgan fingerprint density at radius 2 is 1.94 bits per heavy atom. The first-order valence-electron chi connectivity index (χ1n) is 10.7. The molecule has 0 spiro atoms. The smallest absolute Gasteiger partial charge is 0.253 e. The Labute approximate surface area is 192 Å². The number of benzene rings is 2. The molecule has 10 heteroatoms. The molecule has 2 aromatic carbocycles. The molecular formula is C23H29N3O7. The summed E-state index contributed by atoms with van der Waals surface area (Å²) in [5, 5.41) is 21.4. The average Bonchev–Trinajstić information content (AvgIpc) is 2.85. The third-order valence-electron chi connectivity index (χ3n) is 5.20. The number of hydroxylamine groups is 1. The Bertz CT molecular complexity index is 961. The van der Waals surface area contributed by atoms with E-state index in [0.29, 0.717) is 49.8 Å². The first-order chi connectivity index (χ1) is 16.0. The van der Waals surface area contributed by atoms with Crippen LogP contribution in [0.5, 0.6) is 17.2 Å². The second-order valence-corrected chi connectivity index (χ2v) is 7.45. The van der Waals surface area contributed by atoms with Gasteiger partial charge in [0.2, 0.25) is 5.91 Å². The fraction of sp³-hybridized carbons (Fsp3) is 0.391. The quantitative estimate of drug-likeness (QED) is 0.241. The van der Waals surface area contributed by atoms with Crippen LogP contribution in [-0.2, 0) is 16.1 Å². The fourth-order valence-electron chi connectivity index (χ4n) is 3.47. The SMILES string of the molecule is COc1ccc(CNC(=O)c2cc(OCCCC(=O)NO)ccc2N2CCOCC2)cc1O. The predicted molar refractivity (Wildman–Crippen MR) is 120 cm³/mol. The number of anilines is 1. The minimum absolute atomic E-state index is 0.00327. The lowest BCUT2D eigenvalue weighted by atomic mass is 10.1. The van der Waals surface area contributed by atoms with Gasteiger partial charge in [-0.3, -0.25) is 14.8 Å². The molecule has 1 fully saturated rings. The zero-order valence-electron chi connectivity index (χ0n) is 18.5. The van der Waals surface area contributed by atoms with Gasteiger partial charge in [-0.25, -0.2) is 5.48 Å². The van der Waals surface area contributed by atoms with Crippen LogP contribution in [0.4, 0.5) is 5.69 Å². The molecule has 33 heavy (non-hydrogen) atoms. The molecule has 0 radical (unpaired) electrons. The van der Waals surface area contributed by atoms with E-state index in [1.54, 1.807) is 35.8 Å². The zero-order chi connectivity index (χ0) is 23.6. The predicted octanol–water partition coefficient (Wildman–Crippen LogP) is 1.83. The van der Waals surface area contributed by atoms with Crippen molar-refractivity contribution < 1.29 is 34.1 Å². The lowest BCUT2D eigenvalue weighted by Crippen LogP contribution is -2.38. The number of carbonyl (C=O) groups excluding carboxylic acids is 2. The summed E-state index contributed by atoms with van der Waals surface area (Å²) in [4.78, 5) is 26.3. The standard InChI is InChI=1S/C23H29N3O7/c1-31-21-7-4-16(13-20(21)27)15-24-23(29)18-14-17(33-10-2-3-22(28)25-30)5-6-19(18)26-8-11-32-12-9-26/h4-7,13-14,27,30H,2-3,8-12,15H2,1H3,(H,24,29)(H,25,28). The molecular weight excluding hydrogens is 430 g/mol. The lowest BCUT2D eigenvalue weighted by molar-refractivity contribution is -0.129. The molecule has 2 aromatic rings. The van der Waals surface area contributed by atoms with Crippen molar-refractivity contribution in [1.82, 2.24) is 10.8 Å². The highest BCUT2D eigenvalue weighted by Crippen LogP contribution is 2.28. The number of hydrogen-bond donors (Lipinski definition) is 4. The molecule has 0 aromatic heterocycles. The van der Waals surface area contributed by atoms with Gasteiger partial charge in [0.25, 0.3) is 5.91 Å². The van der Waals surface area contributed by atoms with Crippen molar-refractivity contribution >= 4 is 17.5 Å². The van der Waals surface area contributed by atoms with E-state index >= 15 is 0 Å². The number of aromatic hydroxyl groups is 1. The maximum absolute atomic E-state index is 13.1. The first-order valence-corrected chi connectivity index (χ1v) is 10.7. The van der Waals surface area contributed by atoms with Gasteiger partial charge in [-0.15, -0.1) is 0 Å². The van der Waals surface area contributed by atoms with Gasteiger partial charge in [-0.05, 0) is 42.3 Å². The first kappa shape index (κ1) is 24.1. The Balaban J connectivity index is 1.72. The minimum atomic E-state index is -0.481. The van der Waals surface area contributed by atoms with Gasteiger partial charge in [-0.2, -0.15) is 0 Å². The second-order valence-electron chi connectivity index (χ2n) is 7.45. The van der Waals surface area contributed by atoms with Crippen LogP contribution in [0.1, 0.15) is 28.8 Å². The number of phenolic OH excluding ortho intramolecular Hbond substituents is 1. The summed E-state index contributed by atoms with van der Waals surface area (Å²) in [5.74, 6) is 0.107. The largest absolute Gasteiger partial charge is 0.504 e. The van der Waals surface area contributed by atoms with Gasteiger partial charge in [0.1, 0.15) is 5.75 Å². The molecule has 1 aliphatic heterocycles. The summed E-state index contributed by atoms with van der Waals surface area (Å²) in [6, 6.07) is 10.3. The van der Waals surface area contributed by atoms with Crippen molar-refractivity contribution in [1.29, 1.82) is 0 Å². The average molecular weight is 459 g/mol. The maximum Gasteiger partial charge on any atom is 0.253 e. The molecule has 0 unspecified atom stereocenters. The molecule has 1 saturated heterocycles. The number of methoxy groups -OCH3 is 1. The summed E-state index contributed by atoms with van der Waals surface area (Å²) in [6.45, 7) is 2.98. The van der Waals surface area contributed by atoms with Crippen molar-refractivity contribution in [3.05, 3.63) is 47.5 Å². The summed E-state index contributed by atoms with van der Waals surface area (Å²) in [5.41, 5.74) is 3.55. The van der Waals surface area contributed by atoms with Crippen LogP contribution in [0.15, 0.2) is 36.4 Å². The van der Waals surface area contributed by atoms with Gasteiger partial charge >= 0.3 is 0 Å². The second kappa shape index (κ2) is 11.9. The van der Waals surface area contributed by atoms with Crippen LogP contribution in [0.25, 0.3) is 0 Å². The molecule has 0 saturated carbocycles. The maximum atomic E-state index is 13.1. The number of morpholine rings is 1. The van der Waals surface area contributed by atoms with Gasteiger partial charge in [-0.1, -0.05) is 6.07 Å². The number of phenols is 1. The molecule has 0 aliphatic carbocycles. The molecule has 2 amide bonds. The molecule has 0 atom stereocenters. The van der Waals surface area contributed by atoms with Gasteiger partial charge in [0, 0.05) is 31.7 Å². The number of hydrogen-bond acceptors (Lipinski definition) is 8. The highest BCUT2D eigenvalue weighted by Gasteiger charge is 2.20. The molecule has 3 rings (SSSR count). The van der Waals surface area contributed by atoms with Crippen molar-refractivity contribution in [3.8, 4) is 17.2 Å². The molecule has 10 nitrogen and oxygen atoms in total. The summed E-state index contributed by atoms with van der Waals surface area (Å²) >= 11 is 0. The van der Waals surface area contributed by atoms with E-state index in [4.69, 9.17) is 19.4 Å². The summed E-state index contributed by atoms with van der Waals surface area (Å²) in [6.07, 6.45) is 0.546. The number of amides is 2. The third-order valence-corrected chi connectivity index (χ3v) is 5.20. The van der Waals surface area contributed by atoms with Crippen LogP contribution in [0.2, 0.25) is 0 Å². The van der Waals surface area contributed by atoms with Gasteiger partial charge in [0.15, 0.2) is 11.5 Å². The van der Waals surface area contributed by atoms with Crippen LogP contribution in [0.3, 0.4) is 0 Å². The van der Waals surface area contributed by atoms with Crippen LogP contribution >= 0.6 is 0 Å². The van der Waals surface area contributed by atoms with Crippen LogP contribution < -0.4 is 25.2 Å². The molecule has 1 heterocycles. The van der Waals surface area contributed by atoms with Crippen molar-refractivity contribution in [2.75, 3.05) is 44.9 Å². The van der Waals surface area contributed by atoms with Crippen molar-refractivity contribution in [2.45, 2.75) is 19.4 Å². The molecule has 178 valence electrons. The van der Waals surface area contributed by atoms with E-state index in [9.17, 15) is 14.7 Å². The van der Waals surface area contributed by atoms with Crippen molar-refractivity contribution in [2.24, 2.45) is 0 Å². The Hall–Kier alpha value is -3.50. The fourth-order valence-corrected chi connectivity index (χ4v) is 3.47. The normalized spacial score (nSPS) is 13.3. The third kappa shape index (κ3) is 6.74. The topological polar surface area (TPSA) is 130 Å². The van der Waals surface area contributed by atoms with Crippen LogP contribution in [-0.4, -0.2) is 62.1 Å². The van der Waals surface area contributed by atoms with E-state index < -0.39 is 5.91 Å². The van der Waals surface area contributed by atoms with E-state index in [0.717, 1.165) is 11.3 Å². The van der Waals surface area contributed by atoms with E-state index in [1.165, 1.54) is 7.11 Å². The molecule has 0 bridgehead atoms. The van der Waals surface area contributed by atoms with Gasteiger partial charge in [0.05, 0.1) is 32.5 Å². The number of ether oxygens (including phenoxy) is 3. The summed E-state index contributed by atoms with van der Waals surface area (Å²) in [7, 11) is 1.47. The number of nitrogens with zero attached hydrogens (tertiary/aromatic N) is 1. The minimum Gasteiger partial charge on any atom is -0.504 e. The number of carbonyl (C=O) groups is 2. The number of rotatable bonds is 10. The Kier molecular flexibility index (Phi) is 8.73. The van der Waals surface area contributed by atoms with Crippen LogP contribution in [0, 0.1) is 0 Å². The Morgan fingerprint density at radius 1 is 1.15 bits per heavy atom. The van der Waals surface area contributed by atoms with E-state index in [-0.39, 0.29) is 31.2 Å². The van der Waals surface area contributed by atoms with E-state index in [2.05, 4.69) is 10.2 Å². The Morgan fingerprint density at radius 3 is 2.64 bits per heavy atom. The highest BCUT2D eigenvalue weighted by molar-refractivity contribution is 6.00. The monoisotopic (exact) mass is 459 g/mol. The highest BCUT2D eigenvalue weighted by atomic mass is 16.5. The molecule has 1 aliphatic rings. The zero-order valence-corrected chi connectivity index (χ0v) is 18.5.